The molecule has 0 saturated carbocycles. The highest BCUT2D eigenvalue weighted by molar-refractivity contribution is 7.17. The molecule has 25 heavy (non-hydrogen) atoms. The second-order valence-corrected chi connectivity index (χ2v) is 7.25. The molecule has 0 spiro atoms. The van der Waals surface area contributed by atoms with Crippen LogP contribution in [0.2, 0.25) is 0 Å². The molecule has 1 fully saturated rings. The summed E-state index contributed by atoms with van der Waals surface area (Å²) < 4.78 is 8.47. The Morgan fingerprint density at radius 1 is 1.24 bits per heavy atom. The second-order valence-electron chi connectivity index (χ2n) is 6.30. The van der Waals surface area contributed by atoms with Crippen molar-refractivity contribution in [1.29, 1.82) is 0 Å². The van der Waals surface area contributed by atoms with Crippen molar-refractivity contribution < 1.29 is 9.53 Å². The topological polar surface area (TPSA) is 46.5 Å². The van der Waals surface area contributed by atoms with E-state index in [0.29, 0.717) is 5.69 Å². The number of thiophene rings is 1. The van der Waals surface area contributed by atoms with Gasteiger partial charge in [0.1, 0.15) is 5.69 Å². The van der Waals surface area contributed by atoms with Crippen molar-refractivity contribution in [3.05, 3.63) is 53.0 Å². The molecule has 1 aliphatic rings. The Labute approximate surface area is 150 Å². The van der Waals surface area contributed by atoms with E-state index >= 15 is 0 Å². The standard InChI is InChI=1S/C19H21N3O2S/c1-21-16-5-10-25-18(16)12-17(21)19(23)20-15-4-2-3-14(11-15)13-22-6-8-24-9-7-22/h2-5,10-12H,6-9,13H2,1H3,(H,20,23). The summed E-state index contributed by atoms with van der Waals surface area (Å²) in [5, 5.41) is 5.07. The Balaban J connectivity index is 1.48. The van der Waals surface area contributed by atoms with Crippen molar-refractivity contribution in [2.24, 2.45) is 7.05 Å². The van der Waals surface area contributed by atoms with Gasteiger partial charge in [-0.1, -0.05) is 12.1 Å². The lowest BCUT2D eigenvalue weighted by Crippen LogP contribution is -2.35. The Morgan fingerprint density at radius 3 is 2.88 bits per heavy atom. The van der Waals surface area contributed by atoms with Crippen LogP contribution in [0.1, 0.15) is 16.1 Å². The molecule has 3 heterocycles. The number of benzene rings is 1. The third kappa shape index (κ3) is 3.46. The zero-order valence-corrected chi connectivity index (χ0v) is 15.0. The quantitative estimate of drug-likeness (QED) is 0.781. The number of nitrogens with zero attached hydrogens (tertiary/aromatic N) is 2. The summed E-state index contributed by atoms with van der Waals surface area (Å²) in [7, 11) is 1.93. The van der Waals surface area contributed by atoms with Gasteiger partial charge in [0.15, 0.2) is 0 Å². The highest BCUT2D eigenvalue weighted by Gasteiger charge is 2.15. The number of nitrogens with one attached hydrogen (secondary N) is 1. The van der Waals surface area contributed by atoms with Gasteiger partial charge >= 0.3 is 0 Å². The number of morpholine rings is 1. The van der Waals surface area contributed by atoms with Crippen LogP contribution in [0.25, 0.3) is 10.2 Å². The summed E-state index contributed by atoms with van der Waals surface area (Å²) in [6.45, 7) is 4.38. The van der Waals surface area contributed by atoms with E-state index in [2.05, 4.69) is 22.3 Å². The normalized spacial score (nSPS) is 15.6. The van der Waals surface area contributed by atoms with Gasteiger partial charge in [0.25, 0.3) is 5.91 Å². The molecule has 1 aliphatic heterocycles. The first-order chi connectivity index (χ1) is 12.2. The maximum atomic E-state index is 12.6. The van der Waals surface area contributed by atoms with Crippen LogP contribution < -0.4 is 5.32 Å². The lowest BCUT2D eigenvalue weighted by molar-refractivity contribution is 0.0342. The smallest absolute Gasteiger partial charge is 0.272 e. The van der Waals surface area contributed by atoms with Crippen molar-refractivity contribution in [3.8, 4) is 0 Å². The first-order valence-corrected chi connectivity index (χ1v) is 9.32. The number of carbonyl (C=O) groups is 1. The molecule has 0 radical (unpaired) electrons. The average Bonchev–Trinajstić information content (AvgIpc) is 3.19. The van der Waals surface area contributed by atoms with E-state index in [1.807, 2.05) is 41.3 Å². The number of carbonyl (C=O) groups excluding carboxylic acids is 1. The fourth-order valence-corrected chi connectivity index (χ4v) is 4.08. The fourth-order valence-electron chi connectivity index (χ4n) is 3.23. The van der Waals surface area contributed by atoms with E-state index < -0.39 is 0 Å². The molecular formula is C19H21N3O2S. The molecule has 0 atom stereocenters. The van der Waals surface area contributed by atoms with Gasteiger partial charge in [0.2, 0.25) is 0 Å². The second kappa shape index (κ2) is 7.00. The molecule has 0 aliphatic carbocycles. The first-order valence-electron chi connectivity index (χ1n) is 8.44. The molecule has 1 amide bonds. The predicted octanol–water partition coefficient (Wildman–Crippen LogP) is 3.32. The van der Waals surface area contributed by atoms with Gasteiger partial charge < -0.3 is 14.6 Å². The zero-order chi connectivity index (χ0) is 17.2. The first kappa shape index (κ1) is 16.3. The Kier molecular flexibility index (Phi) is 4.57. The minimum atomic E-state index is -0.0746. The fraction of sp³-hybridized carbons (Fsp3) is 0.316. The van der Waals surface area contributed by atoms with E-state index in [1.54, 1.807) is 11.3 Å². The van der Waals surface area contributed by atoms with Gasteiger partial charge in [0.05, 0.1) is 23.4 Å². The molecule has 0 unspecified atom stereocenters. The van der Waals surface area contributed by atoms with E-state index in [1.165, 1.54) is 5.56 Å². The molecule has 0 bridgehead atoms. The minimum Gasteiger partial charge on any atom is -0.379 e. The number of aromatic nitrogens is 1. The van der Waals surface area contributed by atoms with Crippen LogP contribution in [-0.2, 0) is 18.3 Å². The predicted molar refractivity (Wildman–Crippen MR) is 101 cm³/mol. The van der Waals surface area contributed by atoms with Gasteiger partial charge in [-0.15, -0.1) is 11.3 Å². The Hall–Kier alpha value is -2.15. The van der Waals surface area contributed by atoms with Gasteiger partial charge in [-0.25, -0.2) is 0 Å². The van der Waals surface area contributed by atoms with Crippen LogP contribution in [0.3, 0.4) is 0 Å². The van der Waals surface area contributed by atoms with Crippen LogP contribution >= 0.6 is 11.3 Å². The molecule has 2 aromatic heterocycles. The van der Waals surface area contributed by atoms with Gasteiger partial charge in [-0.3, -0.25) is 9.69 Å². The summed E-state index contributed by atoms with van der Waals surface area (Å²) in [6.07, 6.45) is 0. The number of hydrogen-bond donors (Lipinski definition) is 1. The van der Waals surface area contributed by atoms with Crippen LogP contribution in [0.15, 0.2) is 41.8 Å². The van der Waals surface area contributed by atoms with Gasteiger partial charge in [-0.05, 0) is 35.2 Å². The monoisotopic (exact) mass is 355 g/mol. The molecule has 6 heteroatoms. The van der Waals surface area contributed by atoms with Crippen molar-refractivity contribution in [2.45, 2.75) is 6.54 Å². The summed E-state index contributed by atoms with van der Waals surface area (Å²) >= 11 is 1.65. The highest BCUT2D eigenvalue weighted by Crippen LogP contribution is 2.25. The van der Waals surface area contributed by atoms with E-state index in [-0.39, 0.29) is 5.91 Å². The molecule has 3 aromatic rings. The van der Waals surface area contributed by atoms with E-state index in [9.17, 15) is 4.79 Å². The third-order valence-corrected chi connectivity index (χ3v) is 5.44. The number of anilines is 1. The maximum Gasteiger partial charge on any atom is 0.272 e. The number of hydrogen-bond acceptors (Lipinski definition) is 4. The molecule has 130 valence electrons. The SMILES string of the molecule is Cn1c(C(=O)Nc2cccc(CN3CCOCC3)c2)cc2sccc21. The molecule has 1 saturated heterocycles. The van der Waals surface area contributed by atoms with Crippen molar-refractivity contribution in [1.82, 2.24) is 9.47 Å². The van der Waals surface area contributed by atoms with Crippen molar-refractivity contribution >= 4 is 33.1 Å². The largest absolute Gasteiger partial charge is 0.379 e. The highest BCUT2D eigenvalue weighted by atomic mass is 32.1. The lowest BCUT2D eigenvalue weighted by Gasteiger charge is -2.26. The molecule has 4 rings (SSSR count). The number of amides is 1. The molecule has 1 aromatic carbocycles. The number of fused-ring (bicyclic) bond motifs is 1. The van der Waals surface area contributed by atoms with E-state index in [0.717, 1.165) is 48.8 Å². The Morgan fingerprint density at radius 2 is 2.08 bits per heavy atom. The number of rotatable bonds is 4. The minimum absolute atomic E-state index is 0.0746. The molecular weight excluding hydrogens is 334 g/mol. The summed E-state index contributed by atoms with van der Waals surface area (Å²) in [6, 6.07) is 12.1. The number of ether oxygens (including phenoxy) is 1. The van der Waals surface area contributed by atoms with E-state index in [4.69, 9.17) is 4.74 Å². The maximum absolute atomic E-state index is 12.6. The zero-order valence-electron chi connectivity index (χ0n) is 14.2. The summed E-state index contributed by atoms with van der Waals surface area (Å²) in [5.41, 5.74) is 3.81. The average molecular weight is 355 g/mol. The van der Waals surface area contributed by atoms with Crippen LogP contribution in [-0.4, -0.2) is 41.7 Å². The Bertz CT molecular complexity index is 893. The van der Waals surface area contributed by atoms with Crippen LogP contribution in [0.4, 0.5) is 5.69 Å². The summed E-state index contributed by atoms with van der Waals surface area (Å²) in [5.74, 6) is -0.0746. The van der Waals surface area contributed by atoms with Crippen LogP contribution in [0, 0.1) is 0 Å². The summed E-state index contributed by atoms with van der Waals surface area (Å²) in [4.78, 5) is 15.0. The molecule has 1 N–H and O–H groups in total. The van der Waals surface area contributed by atoms with Gasteiger partial charge in [0, 0.05) is 32.4 Å². The molecule has 5 nitrogen and oxygen atoms in total. The lowest BCUT2D eigenvalue weighted by atomic mass is 10.1. The number of aryl methyl sites for hydroxylation is 1. The van der Waals surface area contributed by atoms with Crippen molar-refractivity contribution in [3.63, 3.8) is 0 Å². The van der Waals surface area contributed by atoms with Crippen LogP contribution in [0.5, 0.6) is 0 Å². The third-order valence-electron chi connectivity index (χ3n) is 4.59. The van der Waals surface area contributed by atoms with Gasteiger partial charge in [-0.2, -0.15) is 0 Å². The van der Waals surface area contributed by atoms with Crippen molar-refractivity contribution in [2.75, 3.05) is 31.6 Å².